The van der Waals surface area contributed by atoms with Crippen molar-refractivity contribution in [2.45, 2.75) is 77.4 Å². The molecule has 7 atom stereocenters. The highest BCUT2D eigenvalue weighted by atomic mass is 35.5. The number of ether oxygens (including phenoxy) is 2. The summed E-state index contributed by atoms with van der Waals surface area (Å²) in [6.45, 7) is 6.12. The Morgan fingerprint density at radius 1 is 0.974 bits per heavy atom. The van der Waals surface area contributed by atoms with E-state index in [1.807, 2.05) is 24.3 Å². The summed E-state index contributed by atoms with van der Waals surface area (Å²) in [5, 5.41) is 3.31. The van der Waals surface area contributed by atoms with Gasteiger partial charge in [0.15, 0.2) is 6.61 Å². The molecule has 1 saturated heterocycles. The zero-order chi connectivity index (χ0) is 26.9. The number of hydrogen-bond acceptors (Lipinski definition) is 5. The molecule has 1 aromatic carbocycles. The van der Waals surface area contributed by atoms with Crippen LogP contribution in [0.4, 0.5) is 5.69 Å². The zero-order valence-electron chi connectivity index (χ0n) is 22.7. The molecule has 0 radical (unpaired) electrons. The van der Waals surface area contributed by atoms with E-state index >= 15 is 0 Å². The molecule has 4 aliphatic rings. The monoisotopic (exact) mass is 564 g/mol. The number of carbonyl (C=O) groups is 2. The highest BCUT2D eigenvalue weighted by molar-refractivity contribution is 6.18. The summed E-state index contributed by atoms with van der Waals surface area (Å²) < 4.78 is 11.9. The number of halogens is 2. The Morgan fingerprint density at radius 2 is 1.68 bits per heavy atom. The topological polar surface area (TPSA) is 67.9 Å². The normalized spacial score (nSPS) is 35.9. The number of amides is 1. The first kappa shape index (κ1) is 27.9. The highest BCUT2D eigenvalue weighted by Gasteiger charge is 2.61. The van der Waals surface area contributed by atoms with Gasteiger partial charge in [0.2, 0.25) is 5.91 Å². The molecule has 0 bridgehead atoms. The van der Waals surface area contributed by atoms with Crippen LogP contribution in [-0.2, 0) is 14.3 Å². The fraction of sp³-hybridized carbons (Fsp3) is 0.733. The molecule has 4 fully saturated rings. The molecule has 3 aliphatic carbocycles. The predicted molar refractivity (Wildman–Crippen MR) is 151 cm³/mol. The SMILES string of the molecule is CC12CCC(=O)NC1CCC1C2CCC2(C)C(OC(=O)COc3ccc(N(CCCl)CCCl)cc3)CCC12. The van der Waals surface area contributed by atoms with E-state index in [0.717, 1.165) is 57.3 Å². The minimum atomic E-state index is -0.292. The van der Waals surface area contributed by atoms with Crippen molar-refractivity contribution >= 4 is 40.8 Å². The lowest BCUT2D eigenvalue weighted by Gasteiger charge is -2.60. The molecule has 38 heavy (non-hydrogen) atoms. The van der Waals surface area contributed by atoms with Gasteiger partial charge in [0.1, 0.15) is 11.9 Å². The first-order valence-electron chi connectivity index (χ1n) is 14.4. The van der Waals surface area contributed by atoms with E-state index in [4.69, 9.17) is 32.7 Å². The van der Waals surface area contributed by atoms with E-state index in [1.165, 1.54) is 6.42 Å². The van der Waals surface area contributed by atoms with E-state index in [9.17, 15) is 9.59 Å². The van der Waals surface area contributed by atoms with Crippen LogP contribution in [0.5, 0.6) is 5.75 Å². The van der Waals surface area contributed by atoms with Gasteiger partial charge >= 0.3 is 5.97 Å². The molecule has 1 amide bonds. The second-order valence-electron chi connectivity index (χ2n) is 12.3. The molecule has 1 aliphatic heterocycles. The molecule has 5 rings (SSSR count). The molecule has 3 saturated carbocycles. The molecular formula is C30H42Cl2N2O4. The smallest absolute Gasteiger partial charge is 0.344 e. The summed E-state index contributed by atoms with van der Waals surface area (Å²) >= 11 is 11.8. The van der Waals surface area contributed by atoms with Gasteiger partial charge in [-0.25, -0.2) is 4.79 Å². The highest BCUT2D eigenvalue weighted by Crippen LogP contribution is 2.64. The van der Waals surface area contributed by atoms with Crippen molar-refractivity contribution in [2.24, 2.45) is 28.6 Å². The van der Waals surface area contributed by atoms with Crippen LogP contribution in [0.3, 0.4) is 0 Å². The van der Waals surface area contributed by atoms with Gasteiger partial charge in [-0.05, 0) is 92.4 Å². The fourth-order valence-corrected chi connectivity index (χ4v) is 8.92. The maximum Gasteiger partial charge on any atom is 0.344 e. The number of nitrogens with one attached hydrogen (secondary N) is 1. The Morgan fingerprint density at radius 3 is 2.39 bits per heavy atom. The first-order valence-corrected chi connectivity index (χ1v) is 15.4. The number of benzene rings is 1. The standard InChI is InChI=1S/C30H42Cl2N2O4/c1-29-14-12-27(35)33-25(29)9-7-22-23-8-10-26(30(23,2)13-11-24(22)29)38-28(36)19-37-21-5-3-20(4-6-21)34(17-15-31)18-16-32/h3-6,22-26H,7-19H2,1-2H3,(H,33,35). The van der Waals surface area contributed by atoms with Crippen LogP contribution in [0.25, 0.3) is 0 Å². The molecule has 0 spiro atoms. The average Bonchev–Trinajstić information content (AvgIpc) is 3.24. The third-order valence-electron chi connectivity index (χ3n) is 10.5. The van der Waals surface area contributed by atoms with Gasteiger partial charge in [0.25, 0.3) is 0 Å². The first-order chi connectivity index (χ1) is 18.3. The van der Waals surface area contributed by atoms with Crippen LogP contribution in [0.2, 0.25) is 0 Å². The summed E-state index contributed by atoms with van der Waals surface area (Å²) in [4.78, 5) is 27.0. The predicted octanol–water partition coefficient (Wildman–Crippen LogP) is 5.78. The third kappa shape index (κ3) is 5.24. The molecule has 210 valence electrons. The maximum absolute atomic E-state index is 12.9. The fourth-order valence-electron chi connectivity index (χ4n) is 8.51. The average molecular weight is 566 g/mol. The van der Waals surface area contributed by atoms with Gasteiger partial charge in [0.05, 0.1) is 0 Å². The number of carbonyl (C=O) groups excluding carboxylic acids is 2. The van der Waals surface area contributed by atoms with E-state index in [1.54, 1.807) is 0 Å². The third-order valence-corrected chi connectivity index (χ3v) is 10.9. The van der Waals surface area contributed by atoms with Crippen molar-refractivity contribution in [3.8, 4) is 5.75 Å². The molecule has 7 unspecified atom stereocenters. The summed E-state index contributed by atoms with van der Waals surface area (Å²) in [6, 6.07) is 7.99. The van der Waals surface area contributed by atoms with Crippen LogP contribution in [0.15, 0.2) is 24.3 Å². The lowest BCUT2D eigenvalue weighted by molar-refractivity contribution is -0.164. The lowest BCUT2D eigenvalue weighted by atomic mass is 9.47. The van der Waals surface area contributed by atoms with Crippen molar-refractivity contribution in [3.05, 3.63) is 24.3 Å². The van der Waals surface area contributed by atoms with Crippen LogP contribution in [0, 0.1) is 28.6 Å². The second-order valence-corrected chi connectivity index (χ2v) is 13.1. The molecule has 1 heterocycles. The lowest BCUT2D eigenvalue weighted by Crippen LogP contribution is -2.61. The quantitative estimate of drug-likeness (QED) is 0.304. The number of rotatable bonds is 9. The largest absolute Gasteiger partial charge is 0.482 e. The number of fused-ring (bicyclic) bond motifs is 5. The van der Waals surface area contributed by atoms with E-state index in [2.05, 4.69) is 24.1 Å². The zero-order valence-corrected chi connectivity index (χ0v) is 24.2. The van der Waals surface area contributed by atoms with Crippen molar-refractivity contribution in [1.29, 1.82) is 0 Å². The number of hydrogen-bond donors (Lipinski definition) is 1. The second kappa shape index (κ2) is 11.4. The van der Waals surface area contributed by atoms with E-state index < -0.39 is 0 Å². The number of nitrogens with zero attached hydrogens (tertiary/aromatic N) is 1. The molecule has 1 aromatic rings. The Hall–Kier alpha value is -1.66. The molecule has 1 N–H and O–H groups in total. The molecule has 0 aromatic heterocycles. The summed E-state index contributed by atoms with van der Waals surface area (Å²) in [6.07, 6.45) is 8.12. The Bertz CT molecular complexity index is 1000. The molecule has 8 heteroatoms. The Balaban J connectivity index is 1.16. The van der Waals surface area contributed by atoms with Crippen LogP contribution in [-0.4, -0.2) is 55.5 Å². The number of piperidine rings is 1. The van der Waals surface area contributed by atoms with Gasteiger partial charge in [-0.3, -0.25) is 4.79 Å². The van der Waals surface area contributed by atoms with E-state index in [-0.39, 0.29) is 35.4 Å². The minimum Gasteiger partial charge on any atom is -0.482 e. The van der Waals surface area contributed by atoms with Crippen LogP contribution in [0.1, 0.15) is 65.2 Å². The Labute approximate surface area is 237 Å². The van der Waals surface area contributed by atoms with Gasteiger partial charge in [-0.15, -0.1) is 23.2 Å². The van der Waals surface area contributed by atoms with Crippen LogP contribution >= 0.6 is 23.2 Å². The van der Waals surface area contributed by atoms with Crippen molar-refractivity contribution in [3.63, 3.8) is 0 Å². The van der Waals surface area contributed by atoms with Gasteiger partial charge in [-0.2, -0.15) is 0 Å². The Kier molecular flexibility index (Phi) is 8.40. The number of anilines is 1. The maximum atomic E-state index is 12.9. The minimum absolute atomic E-state index is 0.0217. The summed E-state index contributed by atoms with van der Waals surface area (Å²) in [7, 11) is 0. The van der Waals surface area contributed by atoms with Gasteiger partial charge < -0.3 is 19.7 Å². The van der Waals surface area contributed by atoms with Gasteiger partial charge in [0, 0.05) is 48.4 Å². The van der Waals surface area contributed by atoms with Crippen molar-refractivity contribution < 1.29 is 19.1 Å². The summed E-state index contributed by atoms with van der Waals surface area (Å²) in [5.41, 5.74) is 1.25. The van der Waals surface area contributed by atoms with Crippen molar-refractivity contribution in [1.82, 2.24) is 5.32 Å². The number of alkyl halides is 2. The summed E-state index contributed by atoms with van der Waals surface area (Å²) in [5.74, 6) is 3.50. The molecular weight excluding hydrogens is 523 g/mol. The van der Waals surface area contributed by atoms with E-state index in [0.29, 0.717) is 47.7 Å². The van der Waals surface area contributed by atoms with Crippen LogP contribution < -0.4 is 15.0 Å². The molecule has 6 nitrogen and oxygen atoms in total. The number of esters is 1. The van der Waals surface area contributed by atoms with Crippen molar-refractivity contribution in [2.75, 3.05) is 36.4 Å². The van der Waals surface area contributed by atoms with Gasteiger partial charge in [-0.1, -0.05) is 13.8 Å².